The van der Waals surface area contributed by atoms with Crippen molar-refractivity contribution in [2.45, 2.75) is 0 Å². The Labute approximate surface area is 114 Å². The monoisotopic (exact) mass is 263 g/mol. The molecular formula is C14H9N5O. The number of primary amides is 1. The molecule has 3 aromatic rings. The highest BCUT2D eigenvalue weighted by Gasteiger charge is 2.11. The van der Waals surface area contributed by atoms with Gasteiger partial charge in [0.25, 0.3) is 5.91 Å². The number of carbonyl (C=O) groups is 1. The van der Waals surface area contributed by atoms with Gasteiger partial charge in [-0.15, -0.1) is 0 Å². The molecule has 0 fully saturated rings. The number of carbonyl (C=O) groups excluding carboxylic acids is 1. The van der Waals surface area contributed by atoms with E-state index in [2.05, 4.69) is 16.2 Å². The standard InChI is InChI=1S/C14H9N5O/c15-6-10-5-9-3-1-2-4-12(9)18-14(10)19-8-11(7-17-19)13(16)20/h1-5,7-8H,(H2,16,20). The summed E-state index contributed by atoms with van der Waals surface area (Å²) in [7, 11) is 0. The fraction of sp³-hybridized carbons (Fsp3) is 0. The first kappa shape index (κ1) is 11.9. The molecule has 0 aliphatic rings. The van der Waals surface area contributed by atoms with Gasteiger partial charge in [0.05, 0.1) is 22.8 Å². The number of nitrogens with two attached hydrogens (primary N) is 1. The largest absolute Gasteiger partial charge is 0.366 e. The number of nitrogens with zero attached hydrogens (tertiary/aromatic N) is 4. The minimum Gasteiger partial charge on any atom is -0.366 e. The van der Waals surface area contributed by atoms with Gasteiger partial charge in [0.2, 0.25) is 0 Å². The van der Waals surface area contributed by atoms with Crippen LogP contribution in [-0.2, 0) is 0 Å². The number of aromatic nitrogens is 3. The highest BCUT2D eigenvalue weighted by atomic mass is 16.1. The lowest BCUT2D eigenvalue weighted by Crippen LogP contribution is -2.09. The van der Waals surface area contributed by atoms with Crippen LogP contribution in [0.2, 0.25) is 0 Å². The van der Waals surface area contributed by atoms with Gasteiger partial charge in [0.1, 0.15) is 6.07 Å². The van der Waals surface area contributed by atoms with E-state index in [-0.39, 0.29) is 5.56 Å². The number of amides is 1. The predicted molar refractivity (Wildman–Crippen MR) is 72.1 cm³/mol. The summed E-state index contributed by atoms with van der Waals surface area (Å²) in [6.07, 6.45) is 2.81. The first-order valence-electron chi connectivity index (χ1n) is 5.84. The molecule has 2 heterocycles. The lowest BCUT2D eigenvalue weighted by molar-refractivity contribution is 0.100. The van der Waals surface area contributed by atoms with E-state index in [0.29, 0.717) is 11.4 Å². The topological polar surface area (TPSA) is 97.6 Å². The molecule has 0 aliphatic carbocycles. The summed E-state index contributed by atoms with van der Waals surface area (Å²) < 4.78 is 1.38. The Bertz CT molecular complexity index is 859. The molecule has 96 valence electrons. The maximum Gasteiger partial charge on any atom is 0.251 e. The number of rotatable bonds is 2. The third-order valence-electron chi connectivity index (χ3n) is 2.91. The van der Waals surface area contributed by atoms with Crippen LogP contribution in [0.25, 0.3) is 16.7 Å². The molecule has 2 aromatic heterocycles. The van der Waals surface area contributed by atoms with Crippen LogP contribution >= 0.6 is 0 Å². The maximum absolute atomic E-state index is 11.1. The van der Waals surface area contributed by atoms with Crippen LogP contribution in [0.5, 0.6) is 0 Å². The van der Waals surface area contributed by atoms with Crippen LogP contribution in [0.4, 0.5) is 0 Å². The molecule has 6 heteroatoms. The number of fused-ring (bicyclic) bond motifs is 1. The van der Waals surface area contributed by atoms with E-state index < -0.39 is 5.91 Å². The fourth-order valence-corrected chi connectivity index (χ4v) is 1.93. The third kappa shape index (κ3) is 1.87. The Hall–Kier alpha value is -3.20. The minimum absolute atomic E-state index is 0.267. The van der Waals surface area contributed by atoms with Crippen LogP contribution in [0.15, 0.2) is 42.7 Å². The van der Waals surface area contributed by atoms with Gasteiger partial charge in [0, 0.05) is 11.6 Å². The number of nitriles is 1. The Balaban J connectivity index is 2.23. The van der Waals surface area contributed by atoms with E-state index >= 15 is 0 Å². The smallest absolute Gasteiger partial charge is 0.251 e. The van der Waals surface area contributed by atoms with Gasteiger partial charge in [-0.2, -0.15) is 10.4 Å². The number of hydrogen-bond donors (Lipinski definition) is 1. The average molecular weight is 263 g/mol. The van der Waals surface area contributed by atoms with E-state index in [0.717, 1.165) is 10.9 Å². The van der Waals surface area contributed by atoms with E-state index in [1.165, 1.54) is 17.1 Å². The molecule has 6 nitrogen and oxygen atoms in total. The number of pyridine rings is 1. The van der Waals surface area contributed by atoms with Crippen molar-refractivity contribution >= 4 is 16.8 Å². The molecule has 1 aromatic carbocycles. The van der Waals surface area contributed by atoms with Gasteiger partial charge in [-0.1, -0.05) is 18.2 Å². The molecule has 20 heavy (non-hydrogen) atoms. The number of benzene rings is 1. The molecule has 3 rings (SSSR count). The molecule has 0 saturated carbocycles. The minimum atomic E-state index is -0.574. The Kier molecular flexibility index (Phi) is 2.66. The maximum atomic E-state index is 11.1. The van der Waals surface area contributed by atoms with Crippen molar-refractivity contribution in [3.63, 3.8) is 0 Å². The molecule has 0 unspecified atom stereocenters. The zero-order valence-electron chi connectivity index (χ0n) is 10.3. The van der Waals surface area contributed by atoms with Gasteiger partial charge in [-0.05, 0) is 12.1 Å². The highest BCUT2D eigenvalue weighted by Crippen LogP contribution is 2.19. The molecule has 0 aliphatic heterocycles. The molecule has 1 amide bonds. The lowest BCUT2D eigenvalue weighted by atomic mass is 10.1. The van der Waals surface area contributed by atoms with E-state index in [4.69, 9.17) is 5.73 Å². The van der Waals surface area contributed by atoms with Crippen LogP contribution in [-0.4, -0.2) is 20.7 Å². The van der Waals surface area contributed by atoms with Gasteiger partial charge >= 0.3 is 0 Å². The van der Waals surface area contributed by atoms with Crippen LogP contribution in [0.3, 0.4) is 0 Å². The van der Waals surface area contributed by atoms with E-state index in [9.17, 15) is 10.1 Å². The lowest BCUT2D eigenvalue weighted by Gasteiger charge is -2.05. The first-order valence-corrected chi connectivity index (χ1v) is 5.84. The fourth-order valence-electron chi connectivity index (χ4n) is 1.93. The SMILES string of the molecule is N#Cc1cc2ccccc2nc1-n1cc(C(N)=O)cn1. The zero-order valence-corrected chi connectivity index (χ0v) is 10.3. The molecular weight excluding hydrogens is 254 g/mol. The second-order valence-electron chi connectivity index (χ2n) is 4.20. The van der Waals surface area contributed by atoms with Crippen molar-refractivity contribution in [1.82, 2.24) is 14.8 Å². The second-order valence-corrected chi connectivity index (χ2v) is 4.20. The molecule has 0 atom stereocenters. The summed E-state index contributed by atoms with van der Waals surface area (Å²) in [5.41, 5.74) is 6.58. The quantitative estimate of drug-likeness (QED) is 0.755. The van der Waals surface area contributed by atoms with Crippen molar-refractivity contribution in [2.75, 3.05) is 0 Å². The summed E-state index contributed by atoms with van der Waals surface area (Å²) >= 11 is 0. The van der Waals surface area contributed by atoms with Crippen molar-refractivity contribution in [2.24, 2.45) is 5.73 Å². The van der Waals surface area contributed by atoms with Crippen LogP contribution < -0.4 is 5.73 Å². The summed E-state index contributed by atoms with van der Waals surface area (Å²) in [6, 6.07) is 11.3. The average Bonchev–Trinajstić information content (AvgIpc) is 2.95. The molecule has 0 spiro atoms. The summed E-state index contributed by atoms with van der Waals surface area (Å²) in [5.74, 6) is -0.200. The normalized spacial score (nSPS) is 10.3. The van der Waals surface area contributed by atoms with Crippen LogP contribution in [0.1, 0.15) is 15.9 Å². The Morgan fingerprint density at radius 3 is 2.85 bits per heavy atom. The van der Waals surface area contributed by atoms with Gasteiger partial charge in [0.15, 0.2) is 5.82 Å². The molecule has 0 radical (unpaired) electrons. The highest BCUT2D eigenvalue weighted by molar-refractivity contribution is 5.92. The van der Waals surface area contributed by atoms with E-state index in [1.807, 2.05) is 24.3 Å². The van der Waals surface area contributed by atoms with Gasteiger partial charge < -0.3 is 5.73 Å². The molecule has 0 bridgehead atoms. The van der Waals surface area contributed by atoms with Crippen molar-refractivity contribution in [3.05, 3.63) is 53.9 Å². The molecule has 0 saturated heterocycles. The van der Waals surface area contributed by atoms with Gasteiger partial charge in [-0.25, -0.2) is 9.67 Å². The number of hydrogen-bond acceptors (Lipinski definition) is 4. The number of para-hydroxylation sites is 1. The summed E-state index contributed by atoms with van der Waals surface area (Å²) in [4.78, 5) is 15.5. The van der Waals surface area contributed by atoms with Gasteiger partial charge in [-0.3, -0.25) is 4.79 Å². The van der Waals surface area contributed by atoms with E-state index in [1.54, 1.807) is 6.07 Å². The van der Waals surface area contributed by atoms with Crippen molar-refractivity contribution in [3.8, 4) is 11.9 Å². The van der Waals surface area contributed by atoms with Crippen LogP contribution in [0, 0.1) is 11.3 Å². The zero-order chi connectivity index (χ0) is 14.1. The predicted octanol–water partition coefficient (Wildman–Crippen LogP) is 1.39. The van der Waals surface area contributed by atoms with Crippen molar-refractivity contribution < 1.29 is 4.79 Å². The Morgan fingerprint density at radius 1 is 1.35 bits per heavy atom. The van der Waals surface area contributed by atoms with Crippen molar-refractivity contribution in [1.29, 1.82) is 5.26 Å². The third-order valence-corrected chi connectivity index (χ3v) is 2.91. The molecule has 2 N–H and O–H groups in total. The summed E-state index contributed by atoms with van der Waals surface area (Å²) in [5, 5.41) is 14.1. The Morgan fingerprint density at radius 2 is 2.15 bits per heavy atom. The summed E-state index contributed by atoms with van der Waals surface area (Å²) in [6.45, 7) is 0. The second kappa shape index (κ2) is 4.48. The first-order chi connectivity index (χ1) is 9.69.